The number of hydrogen-bond acceptors (Lipinski definition) is 5. The summed E-state index contributed by atoms with van der Waals surface area (Å²) in [5.74, 6) is 7.80. The van der Waals surface area contributed by atoms with Gasteiger partial charge in [-0.2, -0.15) is 4.37 Å². The molecule has 0 radical (unpaired) electrons. The number of aromatic nitrogens is 2. The van der Waals surface area contributed by atoms with E-state index in [1.54, 1.807) is 18.2 Å². The smallest absolute Gasteiger partial charge is 0.250 e. The predicted octanol–water partition coefficient (Wildman–Crippen LogP) is 4.08. The van der Waals surface area contributed by atoms with Crippen LogP contribution in [0, 0.1) is 17.8 Å². The Hall–Kier alpha value is -1.32. The van der Waals surface area contributed by atoms with Crippen molar-refractivity contribution in [1.29, 1.82) is 0 Å². The molecule has 0 amide bonds. The van der Waals surface area contributed by atoms with Crippen LogP contribution in [-0.4, -0.2) is 39.9 Å². The fourth-order valence-electron chi connectivity index (χ4n) is 3.66. The molecule has 5 rings (SSSR count). The lowest BCUT2D eigenvalue weighted by molar-refractivity contribution is 0.0843. The summed E-state index contributed by atoms with van der Waals surface area (Å²) in [6, 6.07) is 5.25. The second kappa shape index (κ2) is 7.51. The van der Waals surface area contributed by atoms with E-state index in [1.165, 1.54) is 37.7 Å². The molecule has 0 saturated carbocycles. The van der Waals surface area contributed by atoms with Crippen LogP contribution in [0.4, 0.5) is 0 Å². The Labute approximate surface area is 161 Å². The molecular formula is C18H17Cl2N3OS. The molecule has 7 heteroatoms. The largest absolute Gasteiger partial charge is 0.463 e. The second-order valence-corrected chi connectivity index (χ2v) is 7.85. The predicted molar refractivity (Wildman–Crippen MR) is 101 cm³/mol. The number of benzene rings is 1. The number of halogens is 2. The van der Waals surface area contributed by atoms with Crippen LogP contribution >= 0.6 is 34.9 Å². The molecule has 0 aliphatic carbocycles. The van der Waals surface area contributed by atoms with Gasteiger partial charge in [-0.3, -0.25) is 0 Å². The third kappa shape index (κ3) is 3.93. The standard InChI is InChI=1S/C18H17Cl2N3OS/c19-14-8-12(9-15(20)10-14)2-1-7-24-18-17(21-25-22-18)16-11-23-5-3-13(16)4-6-23/h8-10,13,16H,3-7,11H2/t16-/m1/s1. The van der Waals surface area contributed by atoms with Crippen molar-refractivity contribution in [3.63, 3.8) is 0 Å². The molecule has 0 spiro atoms. The lowest BCUT2D eigenvalue weighted by Gasteiger charge is -2.44. The van der Waals surface area contributed by atoms with E-state index in [0.29, 0.717) is 27.8 Å². The van der Waals surface area contributed by atoms with Gasteiger partial charge in [-0.1, -0.05) is 35.0 Å². The van der Waals surface area contributed by atoms with Gasteiger partial charge in [0.05, 0.1) is 11.7 Å². The molecule has 2 aromatic rings. The minimum absolute atomic E-state index is 0.268. The van der Waals surface area contributed by atoms with Gasteiger partial charge in [0, 0.05) is 28.1 Å². The highest BCUT2D eigenvalue weighted by Crippen LogP contribution is 2.41. The Balaban J connectivity index is 1.41. The first-order valence-corrected chi connectivity index (χ1v) is 9.80. The Morgan fingerprint density at radius 2 is 1.92 bits per heavy atom. The van der Waals surface area contributed by atoms with Gasteiger partial charge < -0.3 is 9.64 Å². The van der Waals surface area contributed by atoms with Crippen molar-refractivity contribution in [2.75, 3.05) is 26.2 Å². The molecule has 0 unspecified atom stereocenters. The maximum absolute atomic E-state index is 5.98. The third-order valence-electron chi connectivity index (χ3n) is 4.87. The van der Waals surface area contributed by atoms with Gasteiger partial charge in [-0.15, -0.1) is 4.37 Å². The Morgan fingerprint density at radius 3 is 2.60 bits per heavy atom. The lowest BCUT2D eigenvalue weighted by Crippen LogP contribution is -2.46. The van der Waals surface area contributed by atoms with Crippen LogP contribution in [0.1, 0.15) is 30.0 Å². The summed E-state index contributed by atoms with van der Waals surface area (Å²) in [5.41, 5.74) is 1.78. The summed E-state index contributed by atoms with van der Waals surface area (Å²) in [4.78, 5) is 2.51. The van der Waals surface area contributed by atoms with E-state index in [2.05, 4.69) is 25.5 Å². The van der Waals surface area contributed by atoms with Crippen molar-refractivity contribution in [3.8, 4) is 17.7 Å². The number of fused-ring (bicyclic) bond motifs is 3. The molecule has 1 atom stereocenters. The van der Waals surface area contributed by atoms with Crippen LogP contribution in [0.5, 0.6) is 5.88 Å². The number of piperidine rings is 3. The van der Waals surface area contributed by atoms with E-state index >= 15 is 0 Å². The van der Waals surface area contributed by atoms with Gasteiger partial charge in [-0.05, 0) is 50.0 Å². The van der Waals surface area contributed by atoms with E-state index in [4.69, 9.17) is 27.9 Å². The van der Waals surface area contributed by atoms with Gasteiger partial charge >= 0.3 is 0 Å². The Morgan fingerprint density at radius 1 is 1.16 bits per heavy atom. The molecular weight excluding hydrogens is 377 g/mol. The summed E-state index contributed by atoms with van der Waals surface area (Å²) >= 11 is 13.2. The maximum Gasteiger partial charge on any atom is 0.250 e. The van der Waals surface area contributed by atoms with Crippen molar-refractivity contribution in [3.05, 3.63) is 39.5 Å². The van der Waals surface area contributed by atoms with E-state index in [-0.39, 0.29) is 6.61 Å². The number of rotatable bonds is 3. The average Bonchev–Trinajstić information content (AvgIpc) is 3.07. The van der Waals surface area contributed by atoms with Crippen molar-refractivity contribution in [2.45, 2.75) is 18.8 Å². The Bertz CT molecular complexity index is 801. The molecule has 3 aliphatic rings. The molecule has 3 aliphatic heterocycles. The zero-order valence-corrected chi connectivity index (χ0v) is 15.9. The SMILES string of the molecule is Clc1cc(Cl)cc(C#CCOc2nsnc2[C@@H]2CN3CCC2CC3)c1. The van der Waals surface area contributed by atoms with E-state index in [1.807, 2.05) is 0 Å². The molecule has 3 fully saturated rings. The van der Waals surface area contributed by atoms with Crippen LogP contribution in [0.15, 0.2) is 18.2 Å². The monoisotopic (exact) mass is 393 g/mol. The summed E-state index contributed by atoms with van der Waals surface area (Å²) in [6.07, 6.45) is 2.49. The minimum Gasteiger partial charge on any atom is -0.463 e. The number of ether oxygens (including phenoxy) is 1. The van der Waals surface area contributed by atoms with Gasteiger partial charge in [0.25, 0.3) is 0 Å². The fraction of sp³-hybridized carbons (Fsp3) is 0.444. The maximum atomic E-state index is 5.98. The minimum atomic E-state index is 0.268. The summed E-state index contributed by atoms with van der Waals surface area (Å²) in [7, 11) is 0. The first-order valence-electron chi connectivity index (χ1n) is 8.31. The molecule has 1 aromatic carbocycles. The molecule has 2 bridgehead atoms. The lowest BCUT2D eigenvalue weighted by atomic mass is 9.77. The normalized spacial score (nSPS) is 24.6. The molecule has 3 saturated heterocycles. The van der Waals surface area contributed by atoms with Crippen LogP contribution < -0.4 is 4.74 Å². The second-order valence-electron chi connectivity index (χ2n) is 6.45. The highest BCUT2D eigenvalue weighted by molar-refractivity contribution is 6.99. The molecule has 4 heterocycles. The zero-order valence-electron chi connectivity index (χ0n) is 13.5. The third-order valence-corrected chi connectivity index (χ3v) is 5.83. The zero-order chi connectivity index (χ0) is 17.2. The van der Waals surface area contributed by atoms with Crippen molar-refractivity contribution < 1.29 is 4.74 Å². The number of nitrogens with zero attached hydrogens (tertiary/aromatic N) is 3. The topological polar surface area (TPSA) is 38.3 Å². The first kappa shape index (κ1) is 17.1. The van der Waals surface area contributed by atoms with Crippen LogP contribution in [0.2, 0.25) is 10.0 Å². The van der Waals surface area contributed by atoms with Crippen LogP contribution in [0.25, 0.3) is 0 Å². The quantitative estimate of drug-likeness (QED) is 0.736. The van der Waals surface area contributed by atoms with Crippen molar-refractivity contribution >= 4 is 34.9 Å². The molecule has 4 nitrogen and oxygen atoms in total. The van der Waals surface area contributed by atoms with Crippen molar-refractivity contribution in [1.82, 2.24) is 13.6 Å². The molecule has 0 N–H and O–H groups in total. The van der Waals surface area contributed by atoms with Gasteiger partial charge in [0.2, 0.25) is 5.88 Å². The average molecular weight is 394 g/mol. The van der Waals surface area contributed by atoms with Crippen molar-refractivity contribution in [2.24, 2.45) is 5.92 Å². The first-order chi connectivity index (χ1) is 12.2. The summed E-state index contributed by atoms with van der Waals surface area (Å²) < 4.78 is 14.6. The summed E-state index contributed by atoms with van der Waals surface area (Å²) in [6.45, 7) is 3.76. The van der Waals surface area contributed by atoms with Crippen LogP contribution in [-0.2, 0) is 0 Å². The molecule has 130 valence electrons. The highest BCUT2D eigenvalue weighted by Gasteiger charge is 2.38. The Kier molecular flexibility index (Phi) is 5.14. The van der Waals surface area contributed by atoms with Gasteiger partial charge in [0.15, 0.2) is 6.61 Å². The van der Waals surface area contributed by atoms with E-state index in [0.717, 1.165) is 17.8 Å². The molecule has 1 aromatic heterocycles. The van der Waals surface area contributed by atoms with Gasteiger partial charge in [0.1, 0.15) is 5.69 Å². The van der Waals surface area contributed by atoms with E-state index in [9.17, 15) is 0 Å². The van der Waals surface area contributed by atoms with Crippen LogP contribution in [0.3, 0.4) is 0 Å². The summed E-state index contributed by atoms with van der Waals surface area (Å²) in [5, 5.41) is 1.15. The number of hydrogen-bond donors (Lipinski definition) is 0. The highest BCUT2D eigenvalue weighted by atomic mass is 35.5. The van der Waals surface area contributed by atoms with Gasteiger partial charge in [-0.25, -0.2) is 0 Å². The fourth-order valence-corrected chi connectivity index (χ4v) is 4.75. The van der Waals surface area contributed by atoms with E-state index < -0.39 is 0 Å². The molecule has 25 heavy (non-hydrogen) atoms.